The largest absolute Gasteiger partial charge is 0.391 e. The maximum absolute atomic E-state index is 12.2. The van der Waals surface area contributed by atoms with Crippen LogP contribution >= 0.6 is 11.3 Å². The Morgan fingerprint density at radius 1 is 1.50 bits per heavy atom. The Morgan fingerprint density at radius 2 is 2.22 bits per heavy atom. The summed E-state index contributed by atoms with van der Waals surface area (Å²) in [6, 6.07) is 3.21. The predicted octanol–water partition coefficient (Wildman–Crippen LogP) is 2.10. The summed E-state index contributed by atoms with van der Waals surface area (Å²) in [5.41, 5.74) is 0.0180. The molecule has 1 heterocycles. The van der Waals surface area contributed by atoms with Gasteiger partial charge in [-0.3, -0.25) is 0 Å². The van der Waals surface area contributed by atoms with Gasteiger partial charge in [-0.05, 0) is 30.4 Å². The van der Waals surface area contributed by atoms with Crippen LogP contribution in [0.5, 0.6) is 0 Å². The molecule has 0 bridgehead atoms. The van der Waals surface area contributed by atoms with Crippen LogP contribution in [0.2, 0.25) is 0 Å². The van der Waals surface area contributed by atoms with Crippen molar-refractivity contribution in [3.8, 4) is 0 Å². The first-order chi connectivity index (χ1) is 8.35. The summed E-state index contributed by atoms with van der Waals surface area (Å²) in [6.07, 6.45) is 3.00. The Bertz CT molecular complexity index is 519. The van der Waals surface area contributed by atoms with Crippen molar-refractivity contribution in [1.82, 2.24) is 4.72 Å². The number of hydrogen-bond donors (Lipinski definition) is 2. The molecule has 1 saturated carbocycles. The molecule has 2 N–H and O–H groups in total. The van der Waals surface area contributed by atoms with Gasteiger partial charge in [-0.25, -0.2) is 13.1 Å². The van der Waals surface area contributed by atoms with Gasteiger partial charge in [0.2, 0.25) is 10.0 Å². The van der Waals surface area contributed by atoms with E-state index in [1.54, 1.807) is 12.1 Å². The van der Waals surface area contributed by atoms with Crippen molar-refractivity contribution >= 4 is 21.4 Å². The number of thiophene rings is 1. The molecule has 102 valence electrons. The van der Waals surface area contributed by atoms with Crippen LogP contribution in [0.15, 0.2) is 16.3 Å². The van der Waals surface area contributed by atoms with E-state index in [2.05, 4.69) is 18.6 Å². The van der Waals surface area contributed by atoms with Crippen molar-refractivity contribution < 1.29 is 13.5 Å². The van der Waals surface area contributed by atoms with Crippen molar-refractivity contribution in [3.05, 3.63) is 17.0 Å². The summed E-state index contributed by atoms with van der Waals surface area (Å²) in [7, 11) is -3.45. The molecular weight excluding hydrogens is 270 g/mol. The molecule has 0 aromatic carbocycles. The van der Waals surface area contributed by atoms with E-state index in [0.29, 0.717) is 4.88 Å². The van der Waals surface area contributed by atoms with E-state index in [1.807, 2.05) is 0 Å². The highest BCUT2D eigenvalue weighted by Crippen LogP contribution is 2.38. The molecule has 0 amide bonds. The zero-order valence-electron chi connectivity index (χ0n) is 10.6. The Morgan fingerprint density at radius 3 is 2.72 bits per heavy atom. The van der Waals surface area contributed by atoms with Crippen LogP contribution in [0.25, 0.3) is 0 Å². The van der Waals surface area contributed by atoms with Crippen molar-refractivity contribution in [2.24, 2.45) is 5.41 Å². The fourth-order valence-electron chi connectivity index (χ4n) is 2.38. The van der Waals surface area contributed by atoms with E-state index in [9.17, 15) is 8.42 Å². The SMILES string of the molecule is CC1(C)CCCC1NS(=O)(=O)c1ccc(CO)s1. The molecule has 4 nitrogen and oxygen atoms in total. The monoisotopic (exact) mass is 289 g/mol. The lowest BCUT2D eigenvalue weighted by Crippen LogP contribution is -2.41. The molecule has 2 rings (SSSR count). The first-order valence-corrected chi connectivity index (χ1v) is 8.37. The molecule has 1 aliphatic carbocycles. The molecule has 1 atom stereocenters. The lowest BCUT2D eigenvalue weighted by atomic mass is 9.88. The summed E-state index contributed by atoms with van der Waals surface area (Å²) in [5, 5.41) is 8.98. The molecule has 0 saturated heterocycles. The molecular formula is C12H19NO3S2. The van der Waals surface area contributed by atoms with Crippen LogP contribution in [0.4, 0.5) is 0 Å². The minimum Gasteiger partial charge on any atom is -0.391 e. The predicted molar refractivity (Wildman–Crippen MR) is 72.0 cm³/mol. The van der Waals surface area contributed by atoms with E-state index in [0.717, 1.165) is 30.6 Å². The van der Waals surface area contributed by atoms with Gasteiger partial charge in [0.15, 0.2) is 0 Å². The van der Waals surface area contributed by atoms with Gasteiger partial charge in [0.1, 0.15) is 4.21 Å². The smallest absolute Gasteiger partial charge is 0.250 e. The molecule has 18 heavy (non-hydrogen) atoms. The summed E-state index contributed by atoms with van der Waals surface area (Å²) in [4.78, 5) is 0.668. The van der Waals surface area contributed by atoms with E-state index in [4.69, 9.17) is 5.11 Å². The van der Waals surface area contributed by atoms with Crippen LogP contribution in [0.1, 0.15) is 38.0 Å². The molecule has 1 fully saturated rings. The molecule has 1 unspecified atom stereocenters. The second-order valence-corrected chi connectivity index (χ2v) is 8.54. The number of hydrogen-bond acceptors (Lipinski definition) is 4. The van der Waals surface area contributed by atoms with Crippen LogP contribution in [-0.4, -0.2) is 19.6 Å². The topological polar surface area (TPSA) is 66.4 Å². The fourth-order valence-corrected chi connectivity index (χ4v) is 5.05. The van der Waals surface area contributed by atoms with Crippen molar-refractivity contribution in [2.75, 3.05) is 0 Å². The van der Waals surface area contributed by atoms with Crippen LogP contribution in [-0.2, 0) is 16.6 Å². The Kier molecular flexibility index (Phi) is 3.82. The third-order valence-electron chi connectivity index (χ3n) is 3.61. The van der Waals surface area contributed by atoms with E-state index in [-0.39, 0.29) is 22.3 Å². The van der Waals surface area contributed by atoms with E-state index in [1.165, 1.54) is 0 Å². The van der Waals surface area contributed by atoms with Crippen molar-refractivity contribution in [1.29, 1.82) is 0 Å². The van der Waals surface area contributed by atoms with Gasteiger partial charge in [-0.15, -0.1) is 11.3 Å². The van der Waals surface area contributed by atoms with Gasteiger partial charge in [0, 0.05) is 10.9 Å². The molecule has 1 aromatic rings. The van der Waals surface area contributed by atoms with Gasteiger partial charge in [-0.1, -0.05) is 20.3 Å². The minimum absolute atomic E-state index is 0.00202. The third-order valence-corrected chi connectivity index (χ3v) is 6.65. The van der Waals surface area contributed by atoms with Crippen molar-refractivity contribution in [3.63, 3.8) is 0 Å². The van der Waals surface area contributed by atoms with Gasteiger partial charge in [0.05, 0.1) is 6.61 Å². The maximum Gasteiger partial charge on any atom is 0.250 e. The molecule has 0 aliphatic heterocycles. The van der Waals surface area contributed by atoms with Gasteiger partial charge in [-0.2, -0.15) is 0 Å². The average molecular weight is 289 g/mol. The Hall–Kier alpha value is -0.430. The maximum atomic E-state index is 12.2. The van der Waals surface area contributed by atoms with Crippen LogP contribution < -0.4 is 4.72 Å². The number of aliphatic hydroxyl groups excluding tert-OH is 1. The number of aliphatic hydroxyl groups is 1. The summed E-state index contributed by atoms with van der Waals surface area (Å²) in [6.45, 7) is 4.08. The minimum atomic E-state index is -3.45. The quantitative estimate of drug-likeness (QED) is 0.892. The highest BCUT2D eigenvalue weighted by molar-refractivity contribution is 7.91. The second kappa shape index (κ2) is 4.92. The zero-order chi connectivity index (χ0) is 13.4. The lowest BCUT2D eigenvalue weighted by Gasteiger charge is -2.27. The van der Waals surface area contributed by atoms with Gasteiger partial charge in [0.25, 0.3) is 0 Å². The fraction of sp³-hybridized carbons (Fsp3) is 0.667. The molecule has 0 radical (unpaired) electrons. The van der Waals surface area contributed by atoms with E-state index < -0.39 is 10.0 Å². The standard InChI is InChI=1S/C12H19NO3S2/c1-12(2)7-3-4-10(12)13-18(15,16)11-6-5-9(8-14)17-11/h5-6,10,13-14H,3-4,7-8H2,1-2H3. The number of rotatable bonds is 4. The first-order valence-electron chi connectivity index (χ1n) is 6.07. The first kappa shape index (κ1) is 14.0. The summed E-state index contributed by atoms with van der Waals surface area (Å²) in [5.74, 6) is 0. The normalized spacial score (nSPS) is 23.4. The van der Waals surface area contributed by atoms with Crippen molar-refractivity contribution in [2.45, 2.75) is 50.0 Å². The molecule has 6 heteroatoms. The average Bonchev–Trinajstić information content (AvgIpc) is 2.86. The van der Waals surface area contributed by atoms with Crippen LogP contribution in [0, 0.1) is 5.41 Å². The zero-order valence-corrected chi connectivity index (χ0v) is 12.3. The number of nitrogens with one attached hydrogen (secondary N) is 1. The second-order valence-electron chi connectivity index (χ2n) is 5.43. The Labute approximate surface area is 112 Å². The van der Waals surface area contributed by atoms with E-state index >= 15 is 0 Å². The molecule has 0 spiro atoms. The highest BCUT2D eigenvalue weighted by atomic mass is 32.2. The third kappa shape index (κ3) is 2.77. The Balaban J connectivity index is 2.17. The van der Waals surface area contributed by atoms with Gasteiger partial charge < -0.3 is 5.11 Å². The lowest BCUT2D eigenvalue weighted by molar-refractivity contribution is 0.285. The van der Waals surface area contributed by atoms with Gasteiger partial charge >= 0.3 is 0 Å². The highest BCUT2D eigenvalue weighted by Gasteiger charge is 2.37. The molecule has 1 aliphatic rings. The summed E-state index contributed by atoms with van der Waals surface area (Å²) < 4.78 is 27.5. The van der Waals surface area contributed by atoms with Crippen LogP contribution in [0.3, 0.4) is 0 Å². The molecule has 1 aromatic heterocycles. The number of sulfonamides is 1. The summed E-state index contributed by atoms with van der Waals surface area (Å²) >= 11 is 1.12.